The second kappa shape index (κ2) is 7.43. The molecule has 1 aliphatic heterocycles. The topological polar surface area (TPSA) is 61.8 Å². The lowest BCUT2D eigenvalue weighted by molar-refractivity contribution is 0.105. The second-order valence-corrected chi connectivity index (χ2v) is 5.38. The first-order chi connectivity index (χ1) is 10.2. The molecule has 1 unspecified atom stereocenters. The molecule has 0 spiro atoms. The van der Waals surface area contributed by atoms with E-state index < -0.39 is 0 Å². The first-order valence-corrected chi connectivity index (χ1v) is 7.45. The molecule has 2 N–H and O–H groups in total. The van der Waals surface area contributed by atoms with Gasteiger partial charge >= 0.3 is 6.09 Å². The van der Waals surface area contributed by atoms with Crippen LogP contribution < -0.4 is 5.32 Å². The summed E-state index contributed by atoms with van der Waals surface area (Å²) in [6.45, 7) is 4.58. The molecule has 2 rings (SSSR count). The SMILES string of the molecule is COC(=O)N1CCc2cc(CNCCCO)ccc2C1C. The van der Waals surface area contributed by atoms with Crippen LogP contribution in [0.25, 0.3) is 0 Å². The summed E-state index contributed by atoms with van der Waals surface area (Å²) in [5.41, 5.74) is 3.75. The number of carbonyl (C=O) groups excluding carboxylic acids is 1. The van der Waals surface area contributed by atoms with Gasteiger partial charge in [0, 0.05) is 19.7 Å². The highest BCUT2D eigenvalue weighted by Crippen LogP contribution is 2.30. The molecule has 21 heavy (non-hydrogen) atoms. The van der Waals surface area contributed by atoms with Crippen LogP contribution >= 0.6 is 0 Å². The van der Waals surface area contributed by atoms with Crippen LogP contribution in [0.5, 0.6) is 0 Å². The first-order valence-electron chi connectivity index (χ1n) is 7.45. The molecule has 116 valence electrons. The minimum atomic E-state index is -0.261. The summed E-state index contributed by atoms with van der Waals surface area (Å²) < 4.78 is 4.83. The zero-order valence-corrected chi connectivity index (χ0v) is 12.8. The van der Waals surface area contributed by atoms with E-state index in [9.17, 15) is 4.79 Å². The Hall–Kier alpha value is -1.59. The van der Waals surface area contributed by atoms with E-state index in [1.54, 1.807) is 4.90 Å². The minimum Gasteiger partial charge on any atom is -0.453 e. The summed E-state index contributed by atoms with van der Waals surface area (Å²) in [4.78, 5) is 13.5. The van der Waals surface area contributed by atoms with Crippen LogP contribution in [0.3, 0.4) is 0 Å². The van der Waals surface area contributed by atoms with Gasteiger partial charge in [0.1, 0.15) is 0 Å². The number of ether oxygens (including phenoxy) is 1. The molecular formula is C16H24N2O3. The van der Waals surface area contributed by atoms with Gasteiger partial charge in [-0.2, -0.15) is 0 Å². The van der Waals surface area contributed by atoms with Gasteiger partial charge in [-0.15, -0.1) is 0 Å². The molecule has 0 fully saturated rings. The summed E-state index contributed by atoms with van der Waals surface area (Å²) in [7, 11) is 1.42. The maximum atomic E-state index is 11.7. The van der Waals surface area contributed by atoms with Crippen LogP contribution in [0.1, 0.15) is 36.1 Å². The van der Waals surface area contributed by atoms with Crippen LogP contribution in [0.15, 0.2) is 18.2 Å². The van der Waals surface area contributed by atoms with Crippen LogP contribution in [-0.4, -0.2) is 42.9 Å². The summed E-state index contributed by atoms with van der Waals surface area (Å²) >= 11 is 0. The fourth-order valence-electron chi connectivity index (χ4n) is 2.80. The molecule has 0 bridgehead atoms. The van der Waals surface area contributed by atoms with E-state index in [0.717, 1.165) is 25.9 Å². The molecule has 1 aromatic rings. The van der Waals surface area contributed by atoms with Crippen molar-refractivity contribution >= 4 is 6.09 Å². The highest BCUT2D eigenvalue weighted by atomic mass is 16.5. The molecule has 1 aromatic carbocycles. The highest BCUT2D eigenvalue weighted by molar-refractivity contribution is 5.68. The quantitative estimate of drug-likeness (QED) is 0.813. The number of amides is 1. The van der Waals surface area contributed by atoms with Gasteiger partial charge in [0.2, 0.25) is 0 Å². The van der Waals surface area contributed by atoms with Gasteiger partial charge in [0.25, 0.3) is 0 Å². The molecule has 1 atom stereocenters. The Labute approximate surface area is 125 Å². The molecule has 0 radical (unpaired) electrons. The summed E-state index contributed by atoms with van der Waals surface area (Å²) in [6.07, 6.45) is 1.37. The van der Waals surface area contributed by atoms with Crippen LogP contribution in [0.4, 0.5) is 4.79 Å². The van der Waals surface area contributed by atoms with E-state index in [2.05, 4.69) is 23.5 Å². The van der Waals surface area contributed by atoms with Gasteiger partial charge in [0.15, 0.2) is 0 Å². The van der Waals surface area contributed by atoms with Gasteiger partial charge in [0.05, 0.1) is 13.2 Å². The van der Waals surface area contributed by atoms with Crippen LogP contribution in [-0.2, 0) is 17.7 Å². The van der Waals surface area contributed by atoms with Crippen molar-refractivity contribution in [3.05, 3.63) is 34.9 Å². The summed E-state index contributed by atoms with van der Waals surface area (Å²) in [5.74, 6) is 0. The average molecular weight is 292 g/mol. The third kappa shape index (κ3) is 3.74. The van der Waals surface area contributed by atoms with Crippen molar-refractivity contribution in [2.75, 3.05) is 26.8 Å². The number of fused-ring (bicyclic) bond motifs is 1. The van der Waals surface area contributed by atoms with Gasteiger partial charge in [-0.05, 0) is 43.0 Å². The standard InChI is InChI=1S/C16H24N2O3/c1-12-15-5-4-13(11-17-7-3-9-19)10-14(15)6-8-18(12)16(20)21-2/h4-5,10,12,17,19H,3,6-9,11H2,1-2H3. The molecule has 5 heteroatoms. The largest absolute Gasteiger partial charge is 0.453 e. The number of aliphatic hydroxyl groups is 1. The summed E-state index contributed by atoms with van der Waals surface area (Å²) in [6, 6.07) is 6.48. The number of rotatable bonds is 5. The lowest BCUT2D eigenvalue weighted by Crippen LogP contribution is -2.38. The van der Waals surface area contributed by atoms with E-state index >= 15 is 0 Å². The molecule has 1 aliphatic rings. The van der Waals surface area contributed by atoms with E-state index in [0.29, 0.717) is 6.54 Å². The number of aliphatic hydroxyl groups excluding tert-OH is 1. The fourth-order valence-corrected chi connectivity index (χ4v) is 2.80. The van der Waals surface area contributed by atoms with E-state index in [-0.39, 0.29) is 18.7 Å². The van der Waals surface area contributed by atoms with Crippen LogP contribution in [0, 0.1) is 0 Å². The van der Waals surface area contributed by atoms with E-state index in [4.69, 9.17) is 9.84 Å². The summed E-state index contributed by atoms with van der Waals surface area (Å²) in [5, 5.41) is 12.1. The number of hydrogen-bond donors (Lipinski definition) is 2. The van der Waals surface area contributed by atoms with Crippen molar-refractivity contribution in [2.45, 2.75) is 32.4 Å². The number of nitrogens with zero attached hydrogens (tertiary/aromatic N) is 1. The fraction of sp³-hybridized carbons (Fsp3) is 0.562. The predicted molar refractivity (Wildman–Crippen MR) is 81.1 cm³/mol. The molecule has 0 aromatic heterocycles. The molecule has 1 amide bonds. The molecule has 5 nitrogen and oxygen atoms in total. The average Bonchev–Trinajstić information content (AvgIpc) is 2.51. The third-order valence-electron chi connectivity index (χ3n) is 4.00. The highest BCUT2D eigenvalue weighted by Gasteiger charge is 2.28. The minimum absolute atomic E-state index is 0.0533. The second-order valence-electron chi connectivity index (χ2n) is 5.38. The number of nitrogens with one attached hydrogen (secondary N) is 1. The Morgan fingerprint density at radius 3 is 3.05 bits per heavy atom. The van der Waals surface area contributed by atoms with Crippen LogP contribution in [0.2, 0.25) is 0 Å². The van der Waals surface area contributed by atoms with Crippen molar-refractivity contribution in [1.29, 1.82) is 0 Å². The maximum Gasteiger partial charge on any atom is 0.409 e. The van der Waals surface area contributed by atoms with Gasteiger partial charge in [-0.25, -0.2) is 4.79 Å². The zero-order valence-electron chi connectivity index (χ0n) is 12.8. The smallest absolute Gasteiger partial charge is 0.409 e. The first kappa shape index (κ1) is 15.8. The molecular weight excluding hydrogens is 268 g/mol. The van der Waals surface area contributed by atoms with Crippen molar-refractivity contribution in [3.63, 3.8) is 0 Å². The van der Waals surface area contributed by atoms with Gasteiger partial charge in [-0.3, -0.25) is 0 Å². The predicted octanol–water partition coefficient (Wildman–Crippen LogP) is 1.84. The molecule has 0 saturated carbocycles. The Balaban J connectivity index is 2.04. The Morgan fingerprint density at radius 1 is 1.52 bits per heavy atom. The van der Waals surface area contributed by atoms with E-state index in [1.807, 2.05) is 6.92 Å². The molecule has 0 saturated heterocycles. The maximum absolute atomic E-state index is 11.7. The Kier molecular flexibility index (Phi) is 5.59. The Bertz CT molecular complexity index is 490. The number of hydrogen-bond acceptors (Lipinski definition) is 4. The van der Waals surface area contributed by atoms with Crippen molar-refractivity contribution in [2.24, 2.45) is 0 Å². The third-order valence-corrected chi connectivity index (χ3v) is 4.00. The Morgan fingerprint density at radius 2 is 2.33 bits per heavy atom. The number of methoxy groups -OCH3 is 1. The lowest BCUT2D eigenvalue weighted by atomic mass is 9.92. The molecule has 1 heterocycles. The van der Waals surface area contributed by atoms with Gasteiger partial charge < -0.3 is 20.1 Å². The number of carbonyl (C=O) groups is 1. The number of benzene rings is 1. The van der Waals surface area contributed by atoms with Crippen molar-refractivity contribution < 1.29 is 14.6 Å². The zero-order chi connectivity index (χ0) is 15.2. The monoisotopic (exact) mass is 292 g/mol. The van der Waals surface area contributed by atoms with E-state index in [1.165, 1.54) is 23.8 Å². The normalized spacial score (nSPS) is 17.5. The van der Waals surface area contributed by atoms with Crippen molar-refractivity contribution in [3.8, 4) is 0 Å². The molecule has 0 aliphatic carbocycles. The van der Waals surface area contributed by atoms with Gasteiger partial charge in [-0.1, -0.05) is 18.2 Å². The van der Waals surface area contributed by atoms with Crippen molar-refractivity contribution in [1.82, 2.24) is 10.2 Å². The lowest BCUT2D eigenvalue weighted by Gasteiger charge is -2.34.